The van der Waals surface area contributed by atoms with E-state index in [9.17, 15) is 9.90 Å². The average molecular weight is 363 g/mol. The van der Waals surface area contributed by atoms with Crippen LogP contribution >= 0.6 is 15.9 Å². The van der Waals surface area contributed by atoms with Crippen LogP contribution < -0.4 is 0 Å². The molecule has 0 spiro atoms. The van der Waals surface area contributed by atoms with Crippen LogP contribution in [-0.2, 0) is 11.2 Å². The third kappa shape index (κ3) is 1.87. The topological polar surface area (TPSA) is 37.3 Å². The molecule has 0 unspecified atom stereocenters. The van der Waals surface area contributed by atoms with Gasteiger partial charge in [-0.1, -0.05) is 6.92 Å². The Morgan fingerprint density at radius 3 is 2.86 bits per heavy atom. The first-order chi connectivity index (χ1) is 10.6. The largest absolute Gasteiger partial charge is 0.507 e. The lowest BCUT2D eigenvalue weighted by Crippen LogP contribution is -2.44. The van der Waals surface area contributed by atoms with Crippen molar-refractivity contribution < 1.29 is 9.90 Å². The van der Waals surface area contributed by atoms with Crippen LogP contribution in [-0.4, -0.2) is 10.9 Å². The number of aromatic hydroxyl groups is 1. The van der Waals surface area contributed by atoms with Crippen LogP contribution in [0.4, 0.5) is 0 Å². The van der Waals surface area contributed by atoms with E-state index < -0.39 is 0 Å². The maximum atomic E-state index is 12.5. The van der Waals surface area contributed by atoms with Crippen molar-refractivity contribution in [3.8, 4) is 5.75 Å². The maximum Gasteiger partial charge on any atom is 0.139 e. The SMILES string of the molecule is CC[C@]12CC[C@@H]3c4cc(Br)c(O)cc4CC[C@H]3[C@@H]1CCC2=O. The molecule has 3 aliphatic carbocycles. The number of hydrogen-bond acceptors (Lipinski definition) is 2. The number of ketones is 1. The second kappa shape index (κ2) is 5.09. The van der Waals surface area contributed by atoms with E-state index in [-0.39, 0.29) is 5.41 Å². The van der Waals surface area contributed by atoms with Gasteiger partial charge in [0.05, 0.1) is 4.47 Å². The Labute approximate surface area is 140 Å². The third-order valence-corrected chi connectivity index (χ3v) is 7.50. The second-order valence-electron chi connectivity index (χ2n) is 7.43. The molecule has 0 aromatic heterocycles. The monoisotopic (exact) mass is 362 g/mol. The Bertz CT molecular complexity index is 639. The molecule has 0 aliphatic heterocycles. The van der Waals surface area contributed by atoms with E-state index >= 15 is 0 Å². The predicted octanol–water partition coefficient (Wildman–Crippen LogP) is 4.97. The standard InChI is InChI=1S/C19H23BrO2/c1-2-19-8-7-12-13(15(19)5-6-18(19)22)4-3-11-9-17(21)16(20)10-14(11)12/h9-10,12-13,15,21H,2-8H2,1H3/t12-,13+,15-,19-/m0/s1. The molecule has 3 heteroatoms. The van der Waals surface area contributed by atoms with Crippen molar-refractivity contribution in [2.75, 3.05) is 0 Å². The summed E-state index contributed by atoms with van der Waals surface area (Å²) in [5.41, 5.74) is 2.73. The van der Waals surface area contributed by atoms with E-state index in [2.05, 4.69) is 28.9 Å². The first-order valence-corrected chi connectivity index (χ1v) is 9.40. The minimum absolute atomic E-state index is 0.00712. The quantitative estimate of drug-likeness (QED) is 0.765. The molecule has 1 aromatic rings. The molecule has 0 saturated heterocycles. The third-order valence-electron chi connectivity index (χ3n) is 6.87. The van der Waals surface area contributed by atoms with Gasteiger partial charge in [-0.05, 0) is 95.5 Å². The second-order valence-corrected chi connectivity index (χ2v) is 8.28. The zero-order valence-corrected chi connectivity index (χ0v) is 14.7. The molecule has 2 saturated carbocycles. The molecule has 118 valence electrons. The van der Waals surface area contributed by atoms with Gasteiger partial charge in [0, 0.05) is 11.8 Å². The smallest absolute Gasteiger partial charge is 0.139 e. The zero-order valence-electron chi connectivity index (χ0n) is 13.1. The fourth-order valence-electron chi connectivity index (χ4n) is 5.80. The summed E-state index contributed by atoms with van der Waals surface area (Å²) >= 11 is 3.48. The lowest BCUT2D eigenvalue weighted by Gasteiger charge is -2.49. The summed E-state index contributed by atoms with van der Waals surface area (Å²) in [5.74, 6) is 2.72. The van der Waals surface area contributed by atoms with E-state index in [1.807, 2.05) is 6.07 Å². The Hall–Kier alpha value is -0.830. The first kappa shape index (κ1) is 14.7. The number of benzene rings is 1. The fourth-order valence-corrected chi connectivity index (χ4v) is 6.16. The van der Waals surface area contributed by atoms with Crippen LogP contribution in [0.3, 0.4) is 0 Å². The fraction of sp³-hybridized carbons (Fsp3) is 0.632. The molecular weight excluding hydrogens is 340 g/mol. The molecule has 1 aromatic carbocycles. The Kier molecular flexibility index (Phi) is 3.41. The van der Waals surface area contributed by atoms with E-state index in [0.29, 0.717) is 29.3 Å². The summed E-state index contributed by atoms with van der Waals surface area (Å²) < 4.78 is 0.807. The summed E-state index contributed by atoms with van der Waals surface area (Å²) in [5, 5.41) is 9.94. The van der Waals surface area contributed by atoms with Crippen molar-refractivity contribution in [3.63, 3.8) is 0 Å². The van der Waals surface area contributed by atoms with Crippen molar-refractivity contribution in [2.24, 2.45) is 17.3 Å². The number of hydrogen-bond donors (Lipinski definition) is 1. The van der Waals surface area contributed by atoms with Crippen molar-refractivity contribution in [1.29, 1.82) is 0 Å². The van der Waals surface area contributed by atoms with Gasteiger partial charge in [-0.3, -0.25) is 4.79 Å². The summed E-state index contributed by atoms with van der Waals surface area (Å²) in [6.45, 7) is 2.21. The van der Waals surface area contributed by atoms with Gasteiger partial charge in [0.25, 0.3) is 0 Å². The predicted molar refractivity (Wildman–Crippen MR) is 90.0 cm³/mol. The normalized spacial score (nSPS) is 36.6. The van der Waals surface area contributed by atoms with Gasteiger partial charge in [-0.2, -0.15) is 0 Å². The highest BCUT2D eigenvalue weighted by atomic mass is 79.9. The maximum absolute atomic E-state index is 12.5. The van der Waals surface area contributed by atoms with Crippen LogP contribution in [0.15, 0.2) is 16.6 Å². The minimum atomic E-state index is -0.00712. The lowest BCUT2D eigenvalue weighted by atomic mass is 9.54. The van der Waals surface area contributed by atoms with E-state index in [1.54, 1.807) is 0 Å². The molecular formula is C19H23BrO2. The number of carbonyl (C=O) groups is 1. The van der Waals surface area contributed by atoms with Crippen LogP contribution in [0.25, 0.3) is 0 Å². The minimum Gasteiger partial charge on any atom is -0.507 e. The number of aryl methyl sites for hydroxylation is 1. The number of Topliss-reactive ketones (excluding diaryl/α,β-unsaturated/α-hetero) is 1. The van der Waals surface area contributed by atoms with Crippen molar-refractivity contribution in [2.45, 2.75) is 57.8 Å². The number of phenolic OH excluding ortho intramolecular Hbond substituents is 1. The van der Waals surface area contributed by atoms with Crippen molar-refractivity contribution in [3.05, 3.63) is 27.7 Å². The average Bonchev–Trinajstić information content (AvgIpc) is 2.86. The first-order valence-electron chi connectivity index (χ1n) is 8.61. The van der Waals surface area contributed by atoms with Gasteiger partial charge in [0.1, 0.15) is 11.5 Å². The molecule has 0 amide bonds. The van der Waals surface area contributed by atoms with Crippen LogP contribution in [0, 0.1) is 17.3 Å². The Morgan fingerprint density at radius 1 is 1.27 bits per heavy atom. The highest BCUT2D eigenvalue weighted by molar-refractivity contribution is 9.10. The van der Waals surface area contributed by atoms with Gasteiger partial charge in [-0.25, -0.2) is 0 Å². The molecule has 1 N–H and O–H groups in total. The van der Waals surface area contributed by atoms with Gasteiger partial charge < -0.3 is 5.11 Å². The number of fused-ring (bicyclic) bond motifs is 5. The Morgan fingerprint density at radius 2 is 2.09 bits per heavy atom. The number of rotatable bonds is 1. The highest BCUT2D eigenvalue weighted by Gasteiger charge is 2.56. The highest BCUT2D eigenvalue weighted by Crippen LogP contribution is 2.61. The Balaban J connectivity index is 1.74. The van der Waals surface area contributed by atoms with Crippen molar-refractivity contribution in [1.82, 2.24) is 0 Å². The van der Waals surface area contributed by atoms with E-state index in [4.69, 9.17) is 0 Å². The van der Waals surface area contributed by atoms with E-state index in [0.717, 1.165) is 43.0 Å². The molecule has 4 rings (SSSR count). The van der Waals surface area contributed by atoms with Gasteiger partial charge in [0.2, 0.25) is 0 Å². The van der Waals surface area contributed by atoms with Crippen LogP contribution in [0.1, 0.15) is 62.5 Å². The molecule has 22 heavy (non-hydrogen) atoms. The summed E-state index contributed by atoms with van der Waals surface area (Å²) in [6.07, 6.45) is 7.33. The summed E-state index contributed by atoms with van der Waals surface area (Å²) in [7, 11) is 0. The number of halogens is 1. The molecule has 0 bridgehead atoms. The molecule has 0 radical (unpaired) electrons. The van der Waals surface area contributed by atoms with Crippen LogP contribution in [0.2, 0.25) is 0 Å². The van der Waals surface area contributed by atoms with Crippen molar-refractivity contribution >= 4 is 21.7 Å². The van der Waals surface area contributed by atoms with Gasteiger partial charge in [0.15, 0.2) is 0 Å². The summed E-state index contributed by atoms with van der Waals surface area (Å²) in [6, 6.07) is 4.08. The lowest BCUT2D eigenvalue weighted by molar-refractivity contribution is -0.131. The number of phenols is 1. The number of carbonyl (C=O) groups excluding carboxylic acids is 1. The molecule has 0 heterocycles. The summed E-state index contributed by atoms with van der Waals surface area (Å²) in [4.78, 5) is 12.5. The molecule has 4 atom stereocenters. The molecule has 2 nitrogen and oxygen atoms in total. The zero-order chi connectivity index (χ0) is 15.5. The van der Waals surface area contributed by atoms with E-state index in [1.165, 1.54) is 17.5 Å². The molecule has 3 aliphatic rings. The van der Waals surface area contributed by atoms with Crippen LogP contribution in [0.5, 0.6) is 5.75 Å². The van der Waals surface area contributed by atoms with Gasteiger partial charge >= 0.3 is 0 Å². The van der Waals surface area contributed by atoms with Gasteiger partial charge in [-0.15, -0.1) is 0 Å². The molecule has 2 fully saturated rings.